The molecule has 2 heterocycles. The Hall–Kier alpha value is -2.59. The molecule has 1 aliphatic rings. The number of ether oxygens (including phenoxy) is 1. The van der Waals surface area contributed by atoms with Crippen LogP contribution in [0.1, 0.15) is 21.7 Å². The molecule has 0 saturated carbocycles. The molecule has 1 saturated heterocycles. The maximum absolute atomic E-state index is 12.9. The molecule has 8 nitrogen and oxygen atoms in total. The number of carbonyl (C=O) groups excluding carboxylic acids is 2. The molecule has 1 fully saturated rings. The third kappa shape index (κ3) is 5.20. The number of benzene rings is 1. The summed E-state index contributed by atoms with van der Waals surface area (Å²) >= 11 is 1.22. The summed E-state index contributed by atoms with van der Waals surface area (Å²) in [5.74, 6) is -0.744. The average molecular weight is 393 g/mol. The molecule has 0 aliphatic carbocycles. The van der Waals surface area contributed by atoms with E-state index in [2.05, 4.69) is 20.4 Å². The van der Waals surface area contributed by atoms with E-state index in [0.29, 0.717) is 45.0 Å². The minimum Gasteiger partial charge on any atom is -0.450 e. The first-order valence-corrected chi connectivity index (χ1v) is 9.40. The topological polar surface area (TPSA) is 87.7 Å². The van der Waals surface area contributed by atoms with Gasteiger partial charge in [0.05, 0.1) is 13.2 Å². The van der Waals surface area contributed by atoms with Gasteiger partial charge in [-0.3, -0.25) is 9.69 Å². The Morgan fingerprint density at radius 3 is 2.56 bits per heavy atom. The molecule has 3 rings (SSSR count). The van der Waals surface area contributed by atoms with E-state index in [0.717, 1.165) is 5.01 Å². The fourth-order valence-electron chi connectivity index (χ4n) is 2.62. The van der Waals surface area contributed by atoms with E-state index in [-0.39, 0.29) is 22.8 Å². The van der Waals surface area contributed by atoms with E-state index in [9.17, 15) is 14.0 Å². The summed E-state index contributed by atoms with van der Waals surface area (Å²) in [5.41, 5.74) is 0.494. The number of piperazine rings is 1. The predicted octanol–water partition coefficient (Wildman–Crippen LogP) is 2.20. The molecule has 0 unspecified atom stereocenters. The zero-order valence-electron chi connectivity index (χ0n) is 14.9. The molecule has 1 aromatic heterocycles. The number of nitrogens with one attached hydrogen (secondary N) is 1. The van der Waals surface area contributed by atoms with E-state index >= 15 is 0 Å². The number of aromatic nitrogens is 2. The summed E-state index contributed by atoms with van der Waals surface area (Å²) in [6.45, 7) is 5.31. The molecule has 2 amide bonds. The lowest BCUT2D eigenvalue weighted by molar-refractivity contribution is 0.0777. The fourth-order valence-corrected chi connectivity index (χ4v) is 3.40. The number of rotatable bonds is 5. The number of amides is 2. The van der Waals surface area contributed by atoms with Crippen molar-refractivity contribution in [3.05, 3.63) is 40.1 Å². The van der Waals surface area contributed by atoms with Gasteiger partial charge in [-0.05, 0) is 31.2 Å². The third-order valence-electron chi connectivity index (χ3n) is 4.02. The summed E-state index contributed by atoms with van der Waals surface area (Å²) < 4.78 is 17.9. The normalized spacial score (nSPS) is 14.8. The van der Waals surface area contributed by atoms with Crippen LogP contribution in [-0.4, -0.2) is 64.8 Å². The Morgan fingerprint density at radius 2 is 1.89 bits per heavy atom. The molecule has 0 bridgehead atoms. The second kappa shape index (κ2) is 8.87. The molecule has 10 heteroatoms. The van der Waals surface area contributed by atoms with Crippen molar-refractivity contribution in [2.75, 3.05) is 38.1 Å². The van der Waals surface area contributed by atoms with E-state index in [4.69, 9.17) is 4.74 Å². The van der Waals surface area contributed by atoms with Gasteiger partial charge in [0.2, 0.25) is 5.01 Å². The molecular weight excluding hydrogens is 373 g/mol. The minimum absolute atomic E-state index is 0.250. The van der Waals surface area contributed by atoms with Gasteiger partial charge in [-0.15, -0.1) is 10.2 Å². The maximum atomic E-state index is 12.9. The lowest BCUT2D eigenvalue weighted by Gasteiger charge is -2.33. The van der Waals surface area contributed by atoms with Crippen molar-refractivity contribution in [3.8, 4) is 0 Å². The van der Waals surface area contributed by atoms with Gasteiger partial charge in [0.1, 0.15) is 10.8 Å². The number of halogens is 1. The van der Waals surface area contributed by atoms with Gasteiger partial charge in [0, 0.05) is 31.9 Å². The van der Waals surface area contributed by atoms with Crippen LogP contribution < -0.4 is 5.32 Å². The van der Waals surface area contributed by atoms with Gasteiger partial charge in [-0.1, -0.05) is 11.3 Å². The summed E-state index contributed by atoms with van der Waals surface area (Å²) in [6, 6.07) is 5.52. The van der Waals surface area contributed by atoms with Crippen LogP contribution in [0.4, 0.5) is 14.9 Å². The van der Waals surface area contributed by atoms with Crippen molar-refractivity contribution < 1.29 is 18.7 Å². The van der Waals surface area contributed by atoms with Crippen molar-refractivity contribution in [1.29, 1.82) is 0 Å². The fraction of sp³-hybridized carbons (Fsp3) is 0.412. The van der Waals surface area contributed by atoms with Crippen molar-refractivity contribution in [2.45, 2.75) is 13.5 Å². The van der Waals surface area contributed by atoms with Crippen LogP contribution in [0.2, 0.25) is 0 Å². The van der Waals surface area contributed by atoms with Crippen molar-refractivity contribution in [3.63, 3.8) is 0 Å². The molecule has 1 N–H and O–H groups in total. The number of carbonyl (C=O) groups is 2. The number of hydrogen-bond acceptors (Lipinski definition) is 7. The summed E-state index contributed by atoms with van der Waals surface area (Å²) in [6.07, 6.45) is -0.284. The van der Waals surface area contributed by atoms with E-state index in [1.165, 1.54) is 35.6 Å². The average Bonchev–Trinajstić information content (AvgIpc) is 3.13. The van der Waals surface area contributed by atoms with Gasteiger partial charge in [0.15, 0.2) is 0 Å². The number of nitrogens with zero attached hydrogens (tertiary/aromatic N) is 4. The zero-order valence-corrected chi connectivity index (χ0v) is 15.7. The van der Waals surface area contributed by atoms with E-state index in [1.54, 1.807) is 11.8 Å². The van der Waals surface area contributed by atoms with Crippen molar-refractivity contribution in [1.82, 2.24) is 20.0 Å². The highest BCUT2D eigenvalue weighted by atomic mass is 32.1. The van der Waals surface area contributed by atoms with Gasteiger partial charge in [-0.25, -0.2) is 9.18 Å². The summed E-state index contributed by atoms with van der Waals surface area (Å²) in [7, 11) is 0. The Morgan fingerprint density at radius 1 is 1.19 bits per heavy atom. The zero-order chi connectivity index (χ0) is 19.2. The first-order chi connectivity index (χ1) is 13.0. The molecule has 1 aromatic carbocycles. The molecule has 1 aliphatic heterocycles. The monoisotopic (exact) mass is 393 g/mol. The lowest BCUT2D eigenvalue weighted by Crippen LogP contribution is -2.48. The van der Waals surface area contributed by atoms with Crippen LogP contribution in [-0.2, 0) is 11.3 Å². The summed E-state index contributed by atoms with van der Waals surface area (Å²) in [5, 5.41) is 11.6. The van der Waals surface area contributed by atoms with Crippen LogP contribution in [0.3, 0.4) is 0 Å². The highest BCUT2D eigenvalue weighted by Gasteiger charge is 2.23. The van der Waals surface area contributed by atoms with Crippen LogP contribution in [0.5, 0.6) is 0 Å². The third-order valence-corrected chi connectivity index (χ3v) is 4.93. The van der Waals surface area contributed by atoms with Crippen LogP contribution in [0, 0.1) is 5.82 Å². The van der Waals surface area contributed by atoms with Gasteiger partial charge in [0.25, 0.3) is 5.91 Å². The van der Waals surface area contributed by atoms with Crippen molar-refractivity contribution in [2.24, 2.45) is 0 Å². The molecule has 0 atom stereocenters. The van der Waals surface area contributed by atoms with Gasteiger partial charge >= 0.3 is 6.09 Å². The molecule has 27 heavy (non-hydrogen) atoms. The van der Waals surface area contributed by atoms with Crippen LogP contribution in [0.25, 0.3) is 0 Å². The second-order valence-electron chi connectivity index (χ2n) is 5.92. The molecule has 0 spiro atoms. The van der Waals surface area contributed by atoms with Gasteiger partial charge in [-0.2, -0.15) is 0 Å². The van der Waals surface area contributed by atoms with Crippen LogP contribution >= 0.6 is 11.3 Å². The minimum atomic E-state index is -0.377. The Labute approximate surface area is 159 Å². The quantitative estimate of drug-likeness (QED) is 0.838. The molecule has 0 radical (unpaired) electrons. The number of anilines is 1. The maximum Gasteiger partial charge on any atom is 0.409 e. The largest absolute Gasteiger partial charge is 0.450 e. The highest BCUT2D eigenvalue weighted by Crippen LogP contribution is 2.16. The van der Waals surface area contributed by atoms with E-state index in [1.807, 2.05) is 0 Å². The SMILES string of the molecule is CCOC(=O)N1CCN(Cc2nnc(C(=O)Nc3ccc(F)cc3)s2)CC1. The Bertz CT molecular complexity index is 790. The Kier molecular flexibility index (Phi) is 6.30. The van der Waals surface area contributed by atoms with E-state index < -0.39 is 0 Å². The van der Waals surface area contributed by atoms with Crippen molar-refractivity contribution >= 4 is 29.0 Å². The molecule has 2 aromatic rings. The first-order valence-electron chi connectivity index (χ1n) is 8.58. The first kappa shape index (κ1) is 19.2. The molecular formula is C17H20FN5O3S. The Balaban J connectivity index is 1.50. The van der Waals surface area contributed by atoms with Crippen LogP contribution in [0.15, 0.2) is 24.3 Å². The smallest absolute Gasteiger partial charge is 0.409 e. The lowest BCUT2D eigenvalue weighted by atomic mass is 10.3. The molecule has 144 valence electrons. The predicted molar refractivity (Wildman–Crippen MR) is 98.1 cm³/mol. The summed E-state index contributed by atoms with van der Waals surface area (Å²) in [4.78, 5) is 27.8. The highest BCUT2D eigenvalue weighted by molar-refractivity contribution is 7.13. The standard InChI is InChI=1S/C17H20FN5O3S/c1-2-26-17(25)23-9-7-22(8-10-23)11-14-20-21-16(27-14)15(24)19-13-5-3-12(18)4-6-13/h3-6H,2,7-11H2,1H3,(H,19,24). The van der Waals surface area contributed by atoms with Gasteiger partial charge < -0.3 is 15.0 Å². The second-order valence-corrected chi connectivity index (χ2v) is 6.99. The number of hydrogen-bond donors (Lipinski definition) is 1.